The Bertz CT molecular complexity index is 1110. The molecule has 6 heteroatoms. The maximum absolute atomic E-state index is 13.0. The van der Waals surface area contributed by atoms with Crippen molar-refractivity contribution in [3.63, 3.8) is 0 Å². The van der Waals surface area contributed by atoms with Crippen LogP contribution in [-0.2, 0) is 12.3 Å². The van der Waals surface area contributed by atoms with Crippen molar-refractivity contribution >= 4 is 17.7 Å². The molecular weight excluding hydrogens is 432 g/mol. The summed E-state index contributed by atoms with van der Waals surface area (Å²) in [6, 6.07) is 22.9. The number of amides is 1. The number of aryl methyl sites for hydroxylation is 1. The second-order valence-corrected chi connectivity index (χ2v) is 9.75. The molecule has 3 aromatic carbocycles. The first-order valence-electron chi connectivity index (χ1n) is 11.4. The Morgan fingerprint density at radius 2 is 1.61 bits per heavy atom. The van der Waals surface area contributed by atoms with Crippen molar-refractivity contribution < 1.29 is 19.2 Å². The SMILES string of the molecule is Cc1ccc(SCc2ccc(C(=O)N3CC[NH+](Cc4ccc5c(c4)OCO5)CC3)cc2)cc1. The van der Waals surface area contributed by atoms with Crippen molar-refractivity contribution in [3.8, 4) is 11.5 Å². The van der Waals surface area contributed by atoms with E-state index in [1.54, 1.807) is 0 Å². The van der Waals surface area contributed by atoms with E-state index in [1.807, 2.05) is 34.9 Å². The molecule has 170 valence electrons. The minimum atomic E-state index is 0.134. The van der Waals surface area contributed by atoms with Crippen molar-refractivity contribution in [2.24, 2.45) is 0 Å². The summed E-state index contributed by atoms with van der Waals surface area (Å²) in [7, 11) is 0. The molecular formula is C27H29N2O3S+. The highest BCUT2D eigenvalue weighted by atomic mass is 32.2. The van der Waals surface area contributed by atoms with Crippen LogP contribution in [0.5, 0.6) is 11.5 Å². The maximum Gasteiger partial charge on any atom is 0.254 e. The fourth-order valence-electron chi connectivity index (χ4n) is 4.27. The molecule has 3 aromatic rings. The molecule has 0 atom stereocenters. The lowest BCUT2D eigenvalue weighted by Gasteiger charge is -2.32. The number of rotatable bonds is 6. The summed E-state index contributed by atoms with van der Waals surface area (Å²) in [5.74, 6) is 2.69. The van der Waals surface area contributed by atoms with Crippen LogP contribution in [-0.4, -0.2) is 43.8 Å². The topological polar surface area (TPSA) is 43.2 Å². The maximum atomic E-state index is 13.0. The number of quaternary nitrogens is 1. The van der Waals surface area contributed by atoms with Crippen LogP contribution in [0.25, 0.3) is 0 Å². The third kappa shape index (κ3) is 5.34. The van der Waals surface area contributed by atoms with Crippen LogP contribution in [0.2, 0.25) is 0 Å². The zero-order chi connectivity index (χ0) is 22.6. The molecule has 5 rings (SSSR count). The molecule has 33 heavy (non-hydrogen) atoms. The zero-order valence-electron chi connectivity index (χ0n) is 18.9. The summed E-state index contributed by atoms with van der Waals surface area (Å²) in [5.41, 5.74) is 4.53. The molecule has 0 aromatic heterocycles. The molecule has 2 aliphatic heterocycles. The molecule has 1 amide bonds. The van der Waals surface area contributed by atoms with Crippen LogP contribution < -0.4 is 14.4 Å². The van der Waals surface area contributed by atoms with Gasteiger partial charge in [0.2, 0.25) is 6.79 Å². The molecule has 1 fully saturated rings. The highest BCUT2D eigenvalue weighted by Gasteiger charge is 2.25. The van der Waals surface area contributed by atoms with Gasteiger partial charge in [0.1, 0.15) is 6.54 Å². The monoisotopic (exact) mass is 461 g/mol. The molecule has 0 radical (unpaired) electrons. The van der Waals surface area contributed by atoms with Crippen LogP contribution in [0.4, 0.5) is 0 Å². The zero-order valence-corrected chi connectivity index (χ0v) is 19.7. The molecule has 5 nitrogen and oxygen atoms in total. The van der Waals surface area contributed by atoms with E-state index < -0.39 is 0 Å². The summed E-state index contributed by atoms with van der Waals surface area (Å²) in [6.45, 7) is 6.81. The van der Waals surface area contributed by atoms with Gasteiger partial charge in [-0.15, -0.1) is 11.8 Å². The average Bonchev–Trinajstić information content (AvgIpc) is 3.32. The van der Waals surface area contributed by atoms with Gasteiger partial charge in [-0.2, -0.15) is 0 Å². The highest BCUT2D eigenvalue weighted by molar-refractivity contribution is 7.98. The molecule has 0 saturated carbocycles. The predicted octanol–water partition coefficient (Wildman–Crippen LogP) is 3.56. The van der Waals surface area contributed by atoms with Crippen molar-refractivity contribution in [2.75, 3.05) is 33.0 Å². The number of nitrogens with zero attached hydrogens (tertiary/aromatic N) is 1. The Kier molecular flexibility index (Phi) is 6.55. The van der Waals surface area contributed by atoms with Gasteiger partial charge in [-0.05, 0) is 55.0 Å². The highest BCUT2D eigenvalue weighted by Crippen LogP contribution is 2.32. The van der Waals surface area contributed by atoms with Gasteiger partial charge >= 0.3 is 0 Å². The van der Waals surface area contributed by atoms with Crippen molar-refractivity contribution in [1.82, 2.24) is 4.90 Å². The number of hydrogen-bond donors (Lipinski definition) is 1. The molecule has 0 spiro atoms. The molecule has 1 N–H and O–H groups in total. The quantitative estimate of drug-likeness (QED) is 0.570. The van der Waals surface area contributed by atoms with E-state index >= 15 is 0 Å². The van der Waals surface area contributed by atoms with Gasteiger partial charge in [0.15, 0.2) is 11.5 Å². The van der Waals surface area contributed by atoms with Crippen LogP contribution in [0, 0.1) is 6.92 Å². The fourth-order valence-corrected chi connectivity index (χ4v) is 5.12. The Hall–Kier alpha value is -2.96. The van der Waals surface area contributed by atoms with Gasteiger partial charge < -0.3 is 19.3 Å². The molecule has 1 saturated heterocycles. The Morgan fingerprint density at radius 1 is 0.909 bits per heavy atom. The van der Waals surface area contributed by atoms with Gasteiger partial charge in [0, 0.05) is 21.8 Å². The Labute approximate surface area is 199 Å². The Balaban J connectivity index is 1.11. The number of ether oxygens (including phenoxy) is 2. The van der Waals surface area contributed by atoms with E-state index in [0.717, 1.165) is 55.5 Å². The number of nitrogens with one attached hydrogen (secondary N) is 1. The van der Waals surface area contributed by atoms with Gasteiger partial charge in [-0.3, -0.25) is 4.79 Å². The molecule has 2 heterocycles. The smallest absolute Gasteiger partial charge is 0.254 e. The number of piperazine rings is 1. The summed E-state index contributed by atoms with van der Waals surface area (Å²) in [6.07, 6.45) is 0. The minimum absolute atomic E-state index is 0.134. The average molecular weight is 462 g/mol. The molecule has 2 aliphatic rings. The first-order chi connectivity index (χ1) is 16.1. The lowest BCUT2D eigenvalue weighted by Crippen LogP contribution is -3.13. The standard InChI is InChI=1S/C27H28N2O3S/c1-20-2-9-24(10-3-20)33-18-21-4-7-23(8-5-21)27(30)29-14-12-28(13-15-29)17-22-6-11-25-26(16-22)32-19-31-25/h2-11,16H,12-15,17-19H2,1H3/p+1. The van der Waals surface area contributed by atoms with E-state index in [1.165, 1.54) is 26.5 Å². The third-order valence-electron chi connectivity index (χ3n) is 6.28. The molecule has 0 bridgehead atoms. The van der Waals surface area contributed by atoms with Crippen LogP contribution in [0.1, 0.15) is 27.0 Å². The Morgan fingerprint density at radius 3 is 2.36 bits per heavy atom. The minimum Gasteiger partial charge on any atom is -0.454 e. The van der Waals surface area contributed by atoms with E-state index in [9.17, 15) is 4.79 Å². The van der Waals surface area contributed by atoms with Crippen LogP contribution in [0.3, 0.4) is 0 Å². The van der Waals surface area contributed by atoms with Gasteiger partial charge in [-0.1, -0.05) is 29.8 Å². The van der Waals surface area contributed by atoms with E-state index in [2.05, 4.69) is 55.5 Å². The predicted molar refractivity (Wildman–Crippen MR) is 130 cm³/mol. The molecule has 0 unspecified atom stereocenters. The molecule has 0 aliphatic carbocycles. The normalized spacial score (nSPS) is 15.6. The summed E-state index contributed by atoms with van der Waals surface area (Å²) < 4.78 is 10.9. The summed E-state index contributed by atoms with van der Waals surface area (Å²) in [4.78, 5) is 17.7. The van der Waals surface area contributed by atoms with Crippen molar-refractivity contribution in [2.45, 2.75) is 24.1 Å². The van der Waals surface area contributed by atoms with Gasteiger partial charge in [-0.25, -0.2) is 0 Å². The number of hydrogen-bond acceptors (Lipinski definition) is 4. The summed E-state index contributed by atoms with van der Waals surface area (Å²) >= 11 is 1.82. The van der Waals surface area contributed by atoms with E-state index in [-0.39, 0.29) is 5.91 Å². The van der Waals surface area contributed by atoms with E-state index in [0.29, 0.717) is 6.79 Å². The lowest BCUT2D eigenvalue weighted by molar-refractivity contribution is -0.917. The number of benzene rings is 3. The van der Waals surface area contributed by atoms with Crippen molar-refractivity contribution in [1.29, 1.82) is 0 Å². The van der Waals surface area contributed by atoms with Crippen LogP contribution in [0.15, 0.2) is 71.6 Å². The third-order valence-corrected chi connectivity index (χ3v) is 7.36. The number of fused-ring (bicyclic) bond motifs is 1. The van der Waals surface area contributed by atoms with Gasteiger partial charge in [0.05, 0.1) is 26.2 Å². The second-order valence-electron chi connectivity index (χ2n) is 8.71. The first-order valence-corrected chi connectivity index (χ1v) is 12.4. The number of carbonyl (C=O) groups is 1. The van der Waals surface area contributed by atoms with Gasteiger partial charge in [0.25, 0.3) is 5.91 Å². The van der Waals surface area contributed by atoms with Crippen LogP contribution >= 0.6 is 11.8 Å². The lowest BCUT2D eigenvalue weighted by atomic mass is 10.1. The number of thioether (sulfide) groups is 1. The largest absolute Gasteiger partial charge is 0.454 e. The second kappa shape index (κ2) is 9.89. The van der Waals surface area contributed by atoms with Crippen molar-refractivity contribution in [3.05, 3.63) is 89.0 Å². The van der Waals surface area contributed by atoms with E-state index in [4.69, 9.17) is 9.47 Å². The summed E-state index contributed by atoms with van der Waals surface area (Å²) in [5, 5.41) is 0. The number of carbonyl (C=O) groups excluding carboxylic acids is 1. The first kappa shape index (κ1) is 21.9. The fraction of sp³-hybridized carbons (Fsp3) is 0.296.